The van der Waals surface area contributed by atoms with E-state index in [0.29, 0.717) is 31.3 Å². The van der Waals surface area contributed by atoms with Gasteiger partial charge in [0.2, 0.25) is 5.89 Å². The Balaban J connectivity index is 0.00000392. The Morgan fingerprint density at radius 3 is 2.46 bits per heavy atom. The molecule has 8 nitrogen and oxygen atoms in total. The van der Waals surface area contributed by atoms with Crippen molar-refractivity contribution in [3.8, 4) is 0 Å². The van der Waals surface area contributed by atoms with Crippen molar-refractivity contribution >= 4 is 29.9 Å². The van der Waals surface area contributed by atoms with Gasteiger partial charge in [0.1, 0.15) is 6.54 Å². The van der Waals surface area contributed by atoms with E-state index in [4.69, 9.17) is 9.05 Å². The molecule has 2 N–H and O–H groups in total. The lowest BCUT2D eigenvalue weighted by molar-refractivity contribution is 0.370. The smallest absolute Gasteiger partial charge is 0.228 e. The molecule has 0 spiro atoms. The molecule has 0 unspecified atom stereocenters. The molecule has 0 bridgehead atoms. The molecule has 0 radical (unpaired) electrons. The summed E-state index contributed by atoms with van der Waals surface area (Å²) in [5, 5.41) is 14.7. The van der Waals surface area contributed by atoms with Crippen LogP contribution in [0.4, 0.5) is 0 Å². The number of guanidine groups is 1. The van der Waals surface area contributed by atoms with Crippen molar-refractivity contribution in [1.29, 1.82) is 0 Å². The van der Waals surface area contributed by atoms with Gasteiger partial charge >= 0.3 is 0 Å². The van der Waals surface area contributed by atoms with Gasteiger partial charge in [-0.25, -0.2) is 4.99 Å². The molecule has 0 amide bonds. The van der Waals surface area contributed by atoms with Gasteiger partial charge in [-0.1, -0.05) is 38.0 Å². The van der Waals surface area contributed by atoms with Crippen molar-refractivity contribution in [3.63, 3.8) is 0 Å². The van der Waals surface area contributed by atoms with Crippen LogP contribution < -0.4 is 10.6 Å². The maximum absolute atomic E-state index is 5.43. The standard InChI is InChI=1S/C19H32N6O2.HI/c1-6-14(7-2)16-11-15(26-24-16)12-22-19(20-8-3)21-10-9-17-23-18(13(4)5)25-27-17;/h11,13-14H,6-10,12H2,1-5H3,(H2,20,21,22);1H. The molecule has 0 aromatic carbocycles. The van der Waals surface area contributed by atoms with Crippen LogP contribution in [0, 0.1) is 0 Å². The minimum absolute atomic E-state index is 0. The van der Waals surface area contributed by atoms with E-state index < -0.39 is 0 Å². The van der Waals surface area contributed by atoms with Crippen LogP contribution in [0.3, 0.4) is 0 Å². The van der Waals surface area contributed by atoms with Crippen molar-refractivity contribution < 1.29 is 9.05 Å². The molecular weight excluding hydrogens is 471 g/mol. The number of nitrogens with one attached hydrogen (secondary N) is 2. The minimum atomic E-state index is 0. The SMILES string of the molecule is CCNC(=NCc1cc(C(CC)CC)no1)NCCc1nc(C(C)C)no1.I. The van der Waals surface area contributed by atoms with Gasteiger partial charge in [-0.3, -0.25) is 0 Å². The summed E-state index contributed by atoms with van der Waals surface area (Å²) in [6.07, 6.45) is 2.76. The number of aliphatic imine (C=N–C) groups is 1. The van der Waals surface area contributed by atoms with Gasteiger partial charge in [-0.15, -0.1) is 24.0 Å². The third kappa shape index (κ3) is 7.40. The van der Waals surface area contributed by atoms with E-state index in [1.165, 1.54) is 0 Å². The Kier molecular flexibility index (Phi) is 11.1. The van der Waals surface area contributed by atoms with Gasteiger partial charge < -0.3 is 19.7 Å². The summed E-state index contributed by atoms with van der Waals surface area (Å²) in [6.45, 7) is 12.3. The normalized spacial score (nSPS) is 11.8. The highest BCUT2D eigenvalue weighted by molar-refractivity contribution is 14.0. The summed E-state index contributed by atoms with van der Waals surface area (Å²) < 4.78 is 10.7. The maximum Gasteiger partial charge on any atom is 0.228 e. The highest BCUT2D eigenvalue weighted by atomic mass is 127. The third-order valence-corrected chi connectivity index (χ3v) is 4.35. The molecule has 28 heavy (non-hydrogen) atoms. The molecule has 0 fully saturated rings. The lowest BCUT2D eigenvalue weighted by Gasteiger charge is -2.09. The van der Waals surface area contributed by atoms with Gasteiger partial charge in [0.15, 0.2) is 17.5 Å². The topological polar surface area (TPSA) is 101 Å². The second-order valence-corrected chi connectivity index (χ2v) is 6.80. The summed E-state index contributed by atoms with van der Waals surface area (Å²) in [5.41, 5.74) is 1.01. The predicted octanol–water partition coefficient (Wildman–Crippen LogP) is 4.00. The zero-order valence-electron chi connectivity index (χ0n) is 17.5. The fourth-order valence-electron chi connectivity index (χ4n) is 2.69. The summed E-state index contributed by atoms with van der Waals surface area (Å²) in [5.74, 6) is 3.58. The average Bonchev–Trinajstić information content (AvgIpc) is 3.31. The van der Waals surface area contributed by atoms with Crippen LogP contribution in [0.5, 0.6) is 0 Å². The van der Waals surface area contributed by atoms with Gasteiger partial charge in [-0.05, 0) is 19.8 Å². The van der Waals surface area contributed by atoms with Crippen LogP contribution >= 0.6 is 24.0 Å². The molecule has 158 valence electrons. The fourth-order valence-corrected chi connectivity index (χ4v) is 2.69. The van der Waals surface area contributed by atoms with Crippen molar-refractivity contribution in [2.75, 3.05) is 13.1 Å². The van der Waals surface area contributed by atoms with E-state index in [-0.39, 0.29) is 29.9 Å². The summed E-state index contributed by atoms with van der Waals surface area (Å²) in [6, 6.07) is 2.01. The molecule has 2 aromatic heterocycles. The Morgan fingerprint density at radius 1 is 1.11 bits per heavy atom. The van der Waals surface area contributed by atoms with Crippen LogP contribution in [0.2, 0.25) is 0 Å². The first-order valence-corrected chi connectivity index (χ1v) is 9.87. The van der Waals surface area contributed by atoms with Crippen molar-refractivity contribution in [3.05, 3.63) is 29.2 Å². The Morgan fingerprint density at radius 2 is 1.86 bits per heavy atom. The first-order valence-electron chi connectivity index (χ1n) is 9.87. The largest absolute Gasteiger partial charge is 0.359 e. The molecule has 0 saturated carbocycles. The van der Waals surface area contributed by atoms with E-state index >= 15 is 0 Å². The molecule has 0 aliphatic rings. The van der Waals surface area contributed by atoms with Crippen molar-refractivity contribution in [2.45, 2.75) is 72.3 Å². The Hall–Kier alpha value is -1.65. The van der Waals surface area contributed by atoms with Crippen LogP contribution in [0.25, 0.3) is 0 Å². The molecule has 2 heterocycles. The number of hydrogen-bond donors (Lipinski definition) is 2. The first-order chi connectivity index (χ1) is 13.1. The summed E-state index contributed by atoms with van der Waals surface area (Å²) >= 11 is 0. The second kappa shape index (κ2) is 12.7. The first kappa shape index (κ1) is 24.4. The lowest BCUT2D eigenvalue weighted by atomic mass is 9.99. The summed E-state index contributed by atoms with van der Waals surface area (Å²) in [7, 11) is 0. The van der Waals surface area contributed by atoms with Gasteiger partial charge in [0, 0.05) is 37.4 Å². The minimum Gasteiger partial charge on any atom is -0.359 e. The van der Waals surface area contributed by atoms with Crippen LogP contribution in [-0.2, 0) is 13.0 Å². The van der Waals surface area contributed by atoms with Crippen molar-refractivity contribution in [1.82, 2.24) is 25.9 Å². The van der Waals surface area contributed by atoms with Crippen molar-refractivity contribution in [2.24, 2.45) is 4.99 Å². The fraction of sp³-hybridized carbons (Fsp3) is 0.684. The molecule has 0 aliphatic carbocycles. The second-order valence-electron chi connectivity index (χ2n) is 6.80. The Bertz CT molecular complexity index is 709. The molecule has 0 saturated heterocycles. The number of halogens is 1. The number of hydrogen-bond acceptors (Lipinski definition) is 6. The maximum atomic E-state index is 5.43. The third-order valence-electron chi connectivity index (χ3n) is 4.35. The van der Waals surface area contributed by atoms with E-state index in [1.54, 1.807) is 0 Å². The molecular formula is C19H33IN6O2. The van der Waals surface area contributed by atoms with Gasteiger partial charge in [-0.2, -0.15) is 4.98 Å². The van der Waals surface area contributed by atoms with E-state index in [9.17, 15) is 0 Å². The predicted molar refractivity (Wildman–Crippen MR) is 120 cm³/mol. The van der Waals surface area contributed by atoms with E-state index in [2.05, 4.69) is 44.8 Å². The zero-order chi connectivity index (χ0) is 19.6. The number of nitrogens with zero attached hydrogens (tertiary/aromatic N) is 4. The van der Waals surface area contributed by atoms with Crippen LogP contribution in [-0.4, -0.2) is 34.3 Å². The van der Waals surface area contributed by atoms with Crippen LogP contribution in [0.1, 0.15) is 82.5 Å². The van der Waals surface area contributed by atoms with Gasteiger partial charge in [0.25, 0.3) is 0 Å². The highest BCUT2D eigenvalue weighted by Crippen LogP contribution is 2.22. The monoisotopic (exact) mass is 504 g/mol. The molecule has 2 rings (SSSR count). The quantitative estimate of drug-likeness (QED) is 0.287. The highest BCUT2D eigenvalue weighted by Gasteiger charge is 2.13. The van der Waals surface area contributed by atoms with E-state index in [1.807, 2.05) is 26.8 Å². The molecule has 2 aromatic rings. The molecule has 0 aliphatic heterocycles. The zero-order valence-corrected chi connectivity index (χ0v) is 19.8. The number of rotatable bonds is 10. The summed E-state index contributed by atoms with van der Waals surface area (Å²) in [4.78, 5) is 8.95. The van der Waals surface area contributed by atoms with E-state index in [0.717, 1.165) is 42.6 Å². The molecule has 0 atom stereocenters. The molecule has 9 heteroatoms. The average molecular weight is 504 g/mol. The number of aromatic nitrogens is 3. The lowest BCUT2D eigenvalue weighted by Crippen LogP contribution is -2.38. The Labute approximate surface area is 184 Å². The van der Waals surface area contributed by atoms with Crippen LogP contribution in [0.15, 0.2) is 20.1 Å². The van der Waals surface area contributed by atoms with Gasteiger partial charge in [0.05, 0.1) is 5.69 Å².